The van der Waals surface area contributed by atoms with Crippen molar-refractivity contribution in [3.63, 3.8) is 0 Å². The lowest BCUT2D eigenvalue weighted by Gasteiger charge is -2.29. The van der Waals surface area contributed by atoms with E-state index in [0.717, 1.165) is 5.56 Å². The van der Waals surface area contributed by atoms with Crippen LogP contribution in [0.1, 0.15) is 27.0 Å². The standard InChI is InChI=1S/C26H24ClF2N3O2/c1-31-13-26(14-6-4-3-5-7-14)12-17-20(34-26)11-18(28)23(27)21(17)22-16(25(30)33)10-19-15(24(22)29)8-9-32(19)2/h3-7,10-11,31H,8-9,12-13H2,1-2H3,(H2,30,33)/t26-/m1/s1. The van der Waals surface area contributed by atoms with Gasteiger partial charge in [0.25, 0.3) is 0 Å². The fourth-order valence-electron chi connectivity index (χ4n) is 5.18. The predicted molar refractivity (Wildman–Crippen MR) is 129 cm³/mol. The van der Waals surface area contributed by atoms with E-state index in [-0.39, 0.29) is 27.5 Å². The molecule has 3 N–H and O–H groups in total. The fourth-order valence-corrected chi connectivity index (χ4v) is 5.45. The van der Waals surface area contributed by atoms with Crippen LogP contribution in [0, 0.1) is 11.6 Å². The van der Waals surface area contributed by atoms with E-state index in [9.17, 15) is 4.79 Å². The van der Waals surface area contributed by atoms with Gasteiger partial charge < -0.3 is 20.7 Å². The normalized spacial score (nSPS) is 18.6. The first-order chi connectivity index (χ1) is 16.3. The number of amides is 1. The van der Waals surface area contributed by atoms with Gasteiger partial charge in [0.2, 0.25) is 5.91 Å². The zero-order valence-electron chi connectivity index (χ0n) is 18.8. The van der Waals surface area contributed by atoms with Crippen molar-refractivity contribution >= 4 is 23.2 Å². The molecule has 0 aromatic heterocycles. The van der Waals surface area contributed by atoms with Crippen LogP contribution in [0.15, 0.2) is 42.5 Å². The number of carbonyl (C=O) groups is 1. The van der Waals surface area contributed by atoms with Crippen LogP contribution >= 0.6 is 11.6 Å². The molecule has 2 aliphatic heterocycles. The Balaban J connectivity index is 1.78. The van der Waals surface area contributed by atoms with Crippen molar-refractivity contribution in [2.75, 3.05) is 32.1 Å². The molecule has 3 aromatic rings. The van der Waals surface area contributed by atoms with Crippen molar-refractivity contribution in [1.29, 1.82) is 0 Å². The second-order valence-electron chi connectivity index (χ2n) is 8.84. The van der Waals surface area contributed by atoms with E-state index < -0.39 is 23.1 Å². The number of benzene rings is 3. The molecule has 0 radical (unpaired) electrons. The largest absolute Gasteiger partial charge is 0.480 e. The lowest BCUT2D eigenvalue weighted by Crippen LogP contribution is -2.41. The van der Waals surface area contributed by atoms with Gasteiger partial charge in [0.15, 0.2) is 5.60 Å². The van der Waals surface area contributed by atoms with Gasteiger partial charge in [0.05, 0.1) is 10.6 Å². The number of rotatable bonds is 5. The number of anilines is 1. The summed E-state index contributed by atoms with van der Waals surface area (Å²) in [6, 6.07) is 12.4. The van der Waals surface area contributed by atoms with Crippen LogP contribution < -0.4 is 20.7 Å². The SMILES string of the molecule is CNC[C@@]1(c2ccccc2)Cc2c(cc(F)c(Cl)c2-c2c(C(N)=O)cc3c(c2F)CCN3C)O1. The third-order valence-electron chi connectivity index (χ3n) is 6.78. The lowest BCUT2D eigenvalue weighted by molar-refractivity contribution is 0.0940. The minimum Gasteiger partial charge on any atom is -0.480 e. The Labute approximate surface area is 201 Å². The van der Waals surface area contributed by atoms with E-state index in [1.807, 2.05) is 42.3 Å². The molecule has 2 aliphatic rings. The molecule has 2 heterocycles. The third kappa shape index (κ3) is 3.34. The molecule has 0 saturated heterocycles. The first kappa shape index (κ1) is 22.6. The van der Waals surface area contributed by atoms with Crippen molar-refractivity contribution in [2.24, 2.45) is 5.73 Å². The Bertz CT molecular complexity index is 1320. The summed E-state index contributed by atoms with van der Waals surface area (Å²) >= 11 is 6.48. The molecule has 0 unspecified atom stereocenters. The van der Waals surface area contributed by atoms with E-state index in [4.69, 9.17) is 22.1 Å². The molecule has 0 spiro atoms. The number of nitrogens with two attached hydrogens (primary N) is 1. The number of nitrogens with zero attached hydrogens (tertiary/aromatic N) is 1. The molecule has 3 aromatic carbocycles. The van der Waals surface area contributed by atoms with E-state index in [1.54, 1.807) is 13.1 Å². The molecular weight excluding hydrogens is 460 g/mol. The van der Waals surface area contributed by atoms with E-state index >= 15 is 8.78 Å². The maximum Gasteiger partial charge on any atom is 0.249 e. The first-order valence-corrected chi connectivity index (χ1v) is 11.4. The number of hydrogen-bond donors (Lipinski definition) is 2. The summed E-state index contributed by atoms with van der Waals surface area (Å²) in [5, 5.41) is 2.89. The van der Waals surface area contributed by atoms with Crippen LogP contribution in [0.4, 0.5) is 14.5 Å². The van der Waals surface area contributed by atoms with E-state index in [1.165, 1.54) is 6.07 Å². The lowest BCUT2D eigenvalue weighted by atomic mass is 9.84. The quantitative estimate of drug-likeness (QED) is 0.563. The number of carbonyl (C=O) groups excluding carboxylic acids is 1. The Morgan fingerprint density at radius 3 is 2.62 bits per heavy atom. The minimum atomic E-state index is -0.857. The zero-order valence-corrected chi connectivity index (χ0v) is 19.6. The Morgan fingerprint density at radius 2 is 1.94 bits per heavy atom. The molecule has 5 nitrogen and oxygen atoms in total. The van der Waals surface area contributed by atoms with Crippen LogP contribution in [0.2, 0.25) is 5.02 Å². The van der Waals surface area contributed by atoms with Crippen molar-refractivity contribution in [2.45, 2.75) is 18.4 Å². The number of ether oxygens (including phenoxy) is 1. The van der Waals surface area contributed by atoms with Crippen LogP contribution in [-0.2, 0) is 18.4 Å². The predicted octanol–water partition coefficient (Wildman–Crippen LogP) is 4.43. The first-order valence-electron chi connectivity index (χ1n) is 11.0. The number of hydrogen-bond acceptors (Lipinski definition) is 4. The van der Waals surface area contributed by atoms with Gasteiger partial charge in [0.1, 0.15) is 17.4 Å². The number of nitrogens with one attached hydrogen (secondary N) is 1. The summed E-state index contributed by atoms with van der Waals surface area (Å²) in [4.78, 5) is 14.3. The van der Waals surface area contributed by atoms with Crippen molar-refractivity contribution < 1.29 is 18.3 Å². The van der Waals surface area contributed by atoms with Gasteiger partial charge in [-0.25, -0.2) is 8.78 Å². The zero-order chi connectivity index (χ0) is 24.2. The molecule has 0 bridgehead atoms. The Kier molecular flexibility index (Phi) is 5.49. The van der Waals surface area contributed by atoms with Crippen molar-refractivity contribution in [3.05, 3.63) is 81.4 Å². The summed E-state index contributed by atoms with van der Waals surface area (Å²) in [5.74, 6) is -1.90. The van der Waals surface area contributed by atoms with Gasteiger partial charge in [-0.15, -0.1) is 0 Å². The highest BCUT2D eigenvalue weighted by Crippen LogP contribution is 2.51. The molecule has 176 valence electrons. The maximum absolute atomic E-state index is 16.0. The molecule has 0 saturated carbocycles. The summed E-state index contributed by atoms with van der Waals surface area (Å²) in [6.07, 6.45) is 0.764. The summed E-state index contributed by atoms with van der Waals surface area (Å²) < 4.78 is 37.5. The van der Waals surface area contributed by atoms with E-state index in [2.05, 4.69) is 5.32 Å². The molecule has 0 fully saturated rings. The summed E-state index contributed by atoms with van der Waals surface area (Å²) in [7, 11) is 3.62. The van der Waals surface area contributed by atoms with Crippen molar-refractivity contribution in [3.8, 4) is 16.9 Å². The smallest absolute Gasteiger partial charge is 0.249 e. The molecule has 0 aliphatic carbocycles. The summed E-state index contributed by atoms with van der Waals surface area (Å²) in [5.41, 5.74) is 7.32. The van der Waals surface area contributed by atoms with Gasteiger partial charge in [-0.3, -0.25) is 4.79 Å². The van der Waals surface area contributed by atoms with Gasteiger partial charge in [-0.05, 0) is 25.1 Å². The Morgan fingerprint density at radius 1 is 1.21 bits per heavy atom. The Hall–Kier alpha value is -3.16. The molecular formula is C26H24ClF2N3O2. The van der Waals surface area contributed by atoms with Crippen LogP contribution in [0.25, 0.3) is 11.1 Å². The highest BCUT2D eigenvalue weighted by molar-refractivity contribution is 6.34. The van der Waals surface area contributed by atoms with E-state index in [0.29, 0.717) is 42.7 Å². The van der Waals surface area contributed by atoms with Gasteiger partial charge >= 0.3 is 0 Å². The molecule has 8 heteroatoms. The molecule has 5 rings (SSSR count). The second kappa shape index (κ2) is 8.25. The maximum atomic E-state index is 16.0. The van der Waals surface area contributed by atoms with Crippen LogP contribution in [-0.4, -0.2) is 33.1 Å². The van der Waals surface area contributed by atoms with Gasteiger partial charge in [-0.1, -0.05) is 41.9 Å². The number of halogens is 3. The molecule has 34 heavy (non-hydrogen) atoms. The second-order valence-corrected chi connectivity index (χ2v) is 9.22. The topological polar surface area (TPSA) is 67.6 Å². The van der Waals surface area contributed by atoms with Gasteiger partial charge in [0, 0.05) is 60.6 Å². The van der Waals surface area contributed by atoms with Crippen LogP contribution in [0.5, 0.6) is 5.75 Å². The fraction of sp³-hybridized carbons (Fsp3) is 0.269. The third-order valence-corrected chi connectivity index (χ3v) is 7.15. The van der Waals surface area contributed by atoms with Crippen molar-refractivity contribution in [1.82, 2.24) is 5.32 Å². The summed E-state index contributed by atoms with van der Waals surface area (Å²) in [6.45, 7) is 1.02. The van der Waals surface area contributed by atoms with Gasteiger partial charge in [-0.2, -0.15) is 0 Å². The minimum absolute atomic E-state index is 0.0365. The average Bonchev–Trinajstić information content (AvgIpc) is 3.37. The number of primary amides is 1. The highest BCUT2D eigenvalue weighted by Gasteiger charge is 2.44. The molecule has 1 amide bonds. The number of likely N-dealkylation sites (N-methyl/N-ethyl adjacent to an activating group) is 2. The number of fused-ring (bicyclic) bond motifs is 2. The highest BCUT2D eigenvalue weighted by atomic mass is 35.5. The molecule has 1 atom stereocenters. The average molecular weight is 484 g/mol. The monoisotopic (exact) mass is 483 g/mol. The van der Waals surface area contributed by atoms with Crippen LogP contribution in [0.3, 0.4) is 0 Å².